The van der Waals surface area contributed by atoms with Gasteiger partial charge in [0.2, 0.25) is 5.91 Å². The van der Waals surface area contributed by atoms with Crippen LogP contribution in [0.25, 0.3) is 0 Å². The molecule has 0 spiro atoms. The molecule has 1 aromatic carbocycles. The van der Waals surface area contributed by atoms with Gasteiger partial charge in [0.25, 0.3) is 0 Å². The normalized spacial score (nSPS) is 19.4. The molecule has 1 aromatic rings. The third-order valence-corrected chi connectivity index (χ3v) is 3.71. The van der Waals surface area contributed by atoms with E-state index in [0.717, 1.165) is 25.2 Å². The van der Waals surface area contributed by atoms with Crippen LogP contribution in [0.5, 0.6) is 0 Å². The second-order valence-electron chi connectivity index (χ2n) is 5.74. The van der Waals surface area contributed by atoms with E-state index in [9.17, 15) is 4.79 Å². The third kappa shape index (κ3) is 4.35. The Balaban J connectivity index is 1.89. The first-order valence-corrected chi connectivity index (χ1v) is 7.25. The van der Waals surface area contributed by atoms with Crippen LogP contribution in [0.4, 0.5) is 5.69 Å². The number of piperidine rings is 1. The molecule has 1 aliphatic heterocycles. The summed E-state index contributed by atoms with van der Waals surface area (Å²) in [5.41, 5.74) is 2.18. The monoisotopic (exact) mass is 260 g/mol. The zero-order chi connectivity index (χ0) is 13.7. The molecule has 0 aliphatic carbocycles. The minimum Gasteiger partial charge on any atom is -0.326 e. The van der Waals surface area contributed by atoms with Gasteiger partial charge in [0.05, 0.1) is 0 Å². The molecule has 0 aromatic heterocycles. The van der Waals surface area contributed by atoms with E-state index in [1.807, 2.05) is 12.1 Å². The van der Waals surface area contributed by atoms with Gasteiger partial charge in [0.15, 0.2) is 0 Å². The molecular formula is C16H24N2O. The number of carbonyl (C=O) groups is 1. The Morgan fingerprint density at radius 1 is 1.47 bits per heavy atom. The van der Waals surface area contributed by atoms with Gasteiger partial charge < -0.3 is 10.6 Å². The summed E-state index contributed by atoms with van der Waals surface area (Å²) in [6.45, 7) is 6.39. The number of hydrogen-bond donors (Lipinski definition) is 2. The lowest BCUT2D eigenvalue weighted by atomic mass is 9.96. The van der Waals surface area contributed by atoms with Crippen LogP contribution in [0.15, 0.2) is 24.3 Å². The Morgan fingerprint density at radius 3 is 3.00 bits per heavy atom. The summed E-state index contributed by atoms with van der Waals surface area (Å²) in [6.07, 6.45) is 2.96. The van der Waals surface area contributed by atoms with Gasteiger partial charge in [-0.25, -0.2) is 0 Å². The molecule has 1 fully saturated rings. The molecular weight excluding hydrogens is 236 g/mol. The zero-order valence-electron chi connectivity index (χ0n) is 11.9. The molecule has 2 N–H and O–H groups in total. The Morgan fingerprint density at radius 2 is 2.32 bits per heavy atom. The summed E-state index contributed by atoms with van der Waals surface area (Å²) in [4.78, 5) is 12.0. The first kappa shape index (κ1) is 14.1. The Bertz CT molecular complexity index is 423. The first-order valence-electron chi connectivity index (χ1n) is 7.25. The van der Waals surface area contributed by atoms with Crippen molar-refractivity contribution in [2.45, 2.75) is 39.0 Å². The summed E-state index contributed by atoms with van der Waals surface area (Å²) < 4.78 is 0. The van der Waals surface area contributed by atoms with Crippen molar-refractivity contribution in [3.8, 4) is 0 Å². The second kappa shape index (κ2) is 6.71. The van der Waals surface area contributed by atoms with Gasteiger partial charge in [-0.1, -0.05) is 26.0 Å². The fourth-order valence-corrected chi connectivity index (χ4v) is 2.55. The van der Waals surface area contributed by atoms with E-state index in [0.29, 0.717) is 18.3 Å². The predicted molar refractivity (Wildman–Crippen MR) is 79.4 cm³/mol. The Kier molecular flexibility index (Phi) is 4.97. The molecule has 1 saturated heterocycles. The van der Waals surface area contributed by atoms with Gasteiger partial charge in [-0.05, 0) is 55.5 Å². The maximum atomic E-state index is 12.0. The number of carbonyl (C=O) groups excluding carboxylic acids is 1. The lowest BCUT2D eigenvalue weighted by Crippen LogP contribution is -2.32. The van der Waals surface area contributed by atoms with Crippen LogP contribution in [-0.4, -0.2) is 19.0 Å². The lowest BCUT2D eigenvalue weighted by molar-refractivity contribution is -0.117. The summed E-state index contributed by atoms with van der Waals surface area (Å²) >= 11 is 0. The zero-order valence-corrected chi connectivity index (χ0v) is 11.9. The highest BCUT2D eigenvalue weighted by molar-refractivity contribution is 5.90. The van der Waals surface area contributed by atoms with Crippen molar-refractivity contribution in [3.05, 3.63) is 29.8 Å². The first-order chi connectivity index (χ1) is 9.15. The van der Waals surface area contributed by atoms with E-state index in [2.05, 4.69) is 36.6 Å². The molecule has 3 heteroatoms. The number of hydrogen-bond acceptors (Lipinski definition) is 2. The van der Waals surface area contributed by atoms with Gasteiger partial charge in [-0.2, -0.15) is 0 Å². The fraction of sp³-hybridized carbons (Fsp3) is 0.562. The van der Waals surface area contributed by atoms with E-state index in [1.54, 1.807) is 0 Å². The average Bonchev–Trinajstić information content (AvgIpc) is 2.40. The molecule has 1 unspecified atom stereocenters. The summed E-state index contributed by atoms with van der Waals surface area (Å²) in [5.74, 6) is 1.11. The van der Waals surface area contributed by atoms with Crippen molar-refractivity contribution in [1.82, 2.24) is 5.32 Å². The van der Waals surface area contributed by atoms with E-state index >= 15 is 0 Å². The number of nitrogens with one attached hydrogen (secondary N) is 2. The van der Waals surface area contributed by atoms with E-state index in [-0.39, 0.29) is 5.91 Å². The molecule has 1 heterocycles. The summed E-state index contributed by atoms with van der Waals surface area (Å²) in [6, 6.07) is 8.14. The van der Waals surface area contributed by atoms with Crippen molar-refractivity contribution in [3.63, 3.8) is 0 Å². The SMILES string of the molecule is CC(C)c1cccc(NC(=O)CC2CCCNC2)c1. The van der Waals surface area contributed by atoms with Gasteiger partial charge in [0.1, 0.15) is 0 Å². The van der Waals surface area contributed by atoms with Crippen molar-refractivity contribution in [2.75, 3.05) is 18.4 Å². The lowest BCUT2D eigenvalue weighted by Gasteiger charge is -2.22. The summed E-state index contributed by atoms with van der Waals surface area (Å²) in [5, 5.41) is 6.37. The van der Waals surface area contributed by atoms with Gasteiger partial charge in [-0.3, -0.25) is 4.79 Å². The summed E-state index contributed by atoms with van der Waals surface area (Å²) in [7, 11) is 0. The smallest absolute Gasteiger partial charge is 0.224 e. The molecule has 19 heavy (non-hydrogen) atoms. The van der Waals surface area contributed by atoms with Crippen LogP contribution in [-0.2, 0) is 4.79 Å². The molecule has 0 radical (unpaired) electrons. The minimum atomic E-state index is 0.134. The third-order valence-electron chi connectivity index (χ3n) is 3.71. The van der Waals surface area contributed by atoms with Gasteiger partial charge in [-0.15, -0.1) is 0 Å². The van der Waals surface area contributed by atoms with E-state index < -0.39 is 0 Å². The van der Waals surface area contributed by atoms with Crippen LogP contribution >= 0.6 is 0 Å². The number of amides is 1. The maximum absolute atomic E-state index is 12.0. The molecule has 1 aliphatic rings. The predicted octanol–water partition coefficient (Wildman–Crippen LogP) is 3.14. The van der Waals surface area contributed by atoms with Crippen LogP contribution in [0.3, 0.4) is 0 Å². The average molecular weight is 260 g/mol. The maximum Gasteiger partial charge on any atom is 0.224 e. The molecule has 2 rings (SSSR count). The van der Waals surface area contributed by atoms with E-state index in [4.69, 9.17) is 0 Å². The number of anilines is 1. The second-order valence-corrected chi connectivity index (χ2v) is 5.74. The molecule has 104 valence electrons. The number of benzene rings is 1. The highest BCUT2D eigenvalue weighted by Gasteiger charge is 2.16. The van der Waals surface area contributed by atoms with Crippen LogP contribution < -0.4 is 10.6 Å². The van der Waals surface area contributed by atoms with Crippen molar-refractivity contribution >= 4 is 11.6 Å². The molecule has 1 amide bonds. The van der Waals surface area contributed by atoms with Crippen molar-refractivity contribution in [1.29, 1.82) is 0 Å². The van der Waals surface area contributed by atoms with Crippen LogP contribution in [0.1, 0.15) is 44.6 Å². The number of rotatable bonds is 4. The van der Waals surface area contributed by atoms with Crippen molar-refractivity contribution in [2.24, 2.45) is 5.92 Å². The fourth-order valence-electron chi connectivity index (χ4n) is 2.55. The van der Waals surface area contributed by atoms with E-state index in [1.165, 1.54) is 12.0 Å². The quantitative estimate of drug-likeness (QED) is 0.873. The van der Waals surface area contributed by atoms with Crippen LogP contribution in [0.2, 0.25) is 0 Å². The topological polar surface area (TPSA) is 41.1 Å². The van der Waals surface area contributed by atoms with Gasteiger partial charge in [0, 0.05) is 12.1 Å². The molecule has 0 saturated carbocycles. The Labute approximate surface area is 115 Å². The molecule has 3 nitrogen and oxygen atoms in total. The molecule has 1 atom stereocenters. The Hall–Kier alpha value is -1.35. The largest absolute Gasteiger partial charge is 0.326 e. The van der Waals surface area contributed by atoms with Crippen LogP contribution in [0, 0.1) is 5.92 Å². The molecule has 0 bridgehead atoms. The van der Waals surface area contributed by atoms with Gasteiger partial charge >= 0.3 is 0 Å². The van der Waals surface area contributed by atoms with Crippen molar-refractivity contribution < 1.29 is 4.79 Å². The standard InChI is InChI=1S/C16H24N2O/c1-12(2)14-6-3-7-15(10-14)18-16(19)9-13-5-4-8-17-11-13/h3,6-7,10,12-13,17H,4-5,8-9,11H2,1-2H3,(H,18,19). The highest BCUT2D eigenvalue weighted by Crippen LogP contribution is 2.20. The minimum absolute atomic E-state index is 0.134. The highest BCUT2D eigenvalue weighted by atomic mass is 16.1.